The molecule has 19 heavy (non-hydrogen) atoms. The van der Waals surface area contributed by atoms with Crippen molar-refractivity contribution in [3.05, 3.63) is 29.3 Å². The van der Waals surface area contributed by atoms with Crippen LogP contribution in [0.25, 0.3) is 0 Å². The number of ether oxygens (including phenoxy) is 1. The van der Waals surface area contributed by atoms with Gasteiger partial charge in [-0.05, 0) is 37.0 Å². The van der Waals surface area contributed by atoms with Crippen LogP contribution in [0.1, 0.15) is 35.2 Å². The van der Waals surface area contributed by atoms with Crippen LogP contribution in [0.15, 0.2) is 23.1 Å². The summed E-state index contributed by atoms with van der Waals surface area (Å²) in [5.74, 6) is 0.188. The van der Waals surface area contributed by atoms with E-state index < -0.39 is 16.0 Å². The third-order valence-corrected chi connectivity index (χ3v) is 4.12. The molecule has 0 amide bonds. The van der Waals surface area contributed by atoms with E-state index in [1.54, 1.807) is 13.0 Å². The fraction of sp³-hybridized carbons (Fsp3) is 0.462. The average molecular weight is 283 g/mol. The van der Waals surface area contributed by atoms with E-state index in [2.05, 4.69) is 0 Å². The van der Waals surface area contributed by atoms with Crippen LogP contribution in [0.3, 0.4) is 0 Å². The van der Waals surface area contributed by atoms with Crippen LogP contribution in [0, 0.1) is 12.8 Å². The standard InChI is InChI=1S/C13H17NO4S/c1-9-2-5-11(19(14,16)17)8-12(9)13(15)18-7-6-10-3-4-10/h2,5,8,10H,3-4,6-7H2,1H3,(H2,14,16,17). The van der Waals surface area contributed by atoms with Gasteiger partial charge < -0.3 is 4.74 Å². The molecule has 0 radical (unpaired) electrons. The number of primary sulfonamides is 1. The Morgan fingerprint density at radius 3 is 2.68 bits per heavy atom. The van der Waals surface area contributed by atoms with E-state index in [1.165, 1.54) is 25.0 Å². The Balaban J connectivity index is 2.10. The Morgan fingerprint density at radius 2 is 2.11 bits per heavy atom. The molecule has 1 aliphatic rings. The van der Waals surface area contributed by atoms with Crippen LogP contribution in [0.2, 0.25) is 0 Å². The Kier molecular flexibility index (Phi) is 3.91. The van der Waals surface area contributed by atoms with E-state index in [0.717, 1.165) is 6.42 Å². The van der Waals surface area contributed by atoms with Gasteiger partial charge in [0.05, 0.1) is 17.1 Å². The first-order valence-corrected chi connectivity index (χ1v) is 7.73. The second-order valence-corrected chi connectivity index (χ2v) is 6.45. The molecule has 1 aromatic rings. The summed E-state index contributed by atoms with van der Waals surface area (Å²) in [5, 5.41) is 5.04. The van der Waals surface area contributed by atoms with Crippen molar-refractivity contribution in [3.63, 3.8) is 0 Å². The van der Waals surface area contributed by atoms with Gasteiger partial charge in [0.2, 0.25) is 10.0 Å². The fourth-order valence-electron chi connectivity index (χ4n) is 1.80. The van der Waals surface area contributed by atoms with Crippen LogP contribution < -0.4 is 5.14 Å². The van der Waals surface area contributed by atoms with Crippen LogP contribution in [0.4, 0.5) is 0 Å². The highest BCUT2D eigenvalue weighted by atomic mass is 32.2. The third-order valence-electron chi connectivity index (χ3n) is 3.21. The SMILES string of the molecule is Cc1ccc(S(N)(=O)=O)cc1C(=O)OCCC1CC1. The molecule has 2 rings (SSSR count). The van der Waals surface area contributed by atoms with E-state index in [0.29, 0.717) is 18.1 Å². The Hall–Kier alpha value is -1.40. The smallest absolute Gasteiger partial charge is 0.338 e. The van der Waals surface area contributed by atoms with Gasteiger partial charge in [-0.2, -0.15) is 0 Å². The number of hydrogen-bond donors (Lipinski definition) is 1. The zero-order valence-electron chi connectivity index (χ0n) is 10.8. The summed E-state index contributed by atoms with van der Waals surface area (Å²) < 4.78 is 27.7. The van der Waals surface area contributed by atoms with Crippen LogP contribution in [-0.4, -0.2) is 21.0 Å². The van der Waals surface area contributed by atoms with E-state index in [1.807, 2.05) is 0 Å². The number of esters is 1. The lowest BCUT2D eigenvalue weighted by molar-refractivity contribution is 0.0494. The first-order valence-electron chi connectivity index (χ1n) is 6.18. The van der Waals surface area contributed by atoms with Gasteiger partial charge >= 0.3 is 5.97 Å². The van der Waals surface area contributed by atoms with Crippen LogP contribution >= 0.6 is 0 Å². The van der Waals surface area contributed by atoms with E-state index in [9.17, 15) is 13.2 Å². The van der Waals surface area contributed by atoms with Crippen LogP contribution in [-0.2, 0) is 14.8 Å². The summed E-state index contributed by atoms with van der Waals surface area (Å²) in [5.41, 5.74) is 0.922. The number of carbonyl (C=O) groups excluding carboxylic acids is 1. The minimum absolute atomic E-state index is 0.0766. The van der Waals surface area contributed by atoms with Gasteiger partial charge in [-0.15, -0.1) is 0 Å². The second kappa shape index (κ2) is 5.30. The molecule has 104 valence electrons. The Labute approximate surface area is 112 Å². The minimum atomic E-state index is -3.81. The van der Waals surface area contributed by atoms with Crippen molar-refractivity contribution in [1.82, 2.24) is 0 Å². The molecule has 0 heterocycles. The molecule has 1 aromatic carbocycles. The van der Waals surface area contributed by atoms with Crippen molar-refractivity contribution < 1.29 is 17.9 Å². The maximum absolute atomic E-state index is 11.9. The molecular formula is C13H17NO4S. The molecule has 0 unspecified atom stereocenters. The number of aryl methyl sites for hydroxylation is 1. The maximum atomic E-state index is 11.9. The lowest BCUT2D eigenvalue weighted by Crippen LogP contribution is -2.15. The fourth-order valence-corrected chi connectivity index (χ4v) is 2.34. The molecule has 5 nitrogen and oxygen atoms in total. The number of benzene rings is 1. The average Bonchev–Trinajstić information content (AvgIpc) is 3.12. The topological polar surface area (TPSA) is 86.5 Å². The third kappa shape index (κ3) is 3.78. The van der Waals surface area contributed by atoms with Crippen molar-refractivity contribution in [2.24, 2.45) is 11.1 Å². The van der Waals surface area contributed by atoms with Gasteiger partial charge in [0.15, 0.2) is 0 Å². The highest BCUT2D eigenvalue weighted by molar-refractivity contribution is 7.89. The molecule has 2 N–H and O–H groups in total. The first kappa shape index (κ1) is 14.0. The van der Waals surface area contributed by atoms with Crippen molar-refractivity contribution in [2.75, 3.05) is 6.61 Å². The monoisotopic (exact) mass is 283 g/mol. The number of rotatable bonds is 5. The molecule has 1 fully saturated rings. The van der Waals surface area contributed by atoms with Gasteiger partial charge in [0.1, 0.15) is 0 Å². The molecule has 6 heteroatoms. The summed E-state index contributed by atoms with van der Waals surface area (Å²) in [6.45, 7) is 2.10. The largest absolute Gasteiger partial charge is 0.462 e. The van der Waals surface area contributed by atoms with Gasteiger partial charge in [-0.3, -0.25) is 0 Å². The van der Waals surface area contributed by atoms with E-state index in [4.69, 9.17) is 9.88 Å². The van der Waals surface area contributed by atoms with Crippen molar-refractivity contribution in [3.8, 4) is 0 Å². The molecule has 1 aliphatic carbocycles. The molecule has 0 aromatic heterocycles. The zero-order valence-corrected chi connectivity index (χ0v) is 11.6. The lowest BCUT2D eigenvalue weighted by Gasteiger charge is -2.08. The van der Waals surface area contributed by atoms with Gasteiger partial charge in [0.25, 0.3) is 0 Å². The lowest BCUT2D eigenvalue weighted by atomic mass is 10.1. The van der Waals surface area contributed by atoms with Crippen molar-refractivity contribution >= 4 is 16.0 Å². The summed E-state index contributed by atoms with van der Waals surface area (Å²) in [6, 6.07) is 4.20. The minimum Gasteiger partial charge on any atom is -0.462 e. The number of carbonyl (C=O) groups is 1. The van der Waals surface area contributed by atoms with Crippen LogP contribution in [0.5, 0.6) is 0 Å². The highest BCUT2D eigenvalue weighted by Crippen LogP contribution is 2.32. The molecule has 0 spiro atoms. The molecule has 0 atom stereocenters. The molecular weight excluding hydrogens is 266 g/mol. The quantitative estimate of drug-likeness (QED) is 0.831. The number of sulfonamides is 1. The van der Waals surface area contributed by atoms with Gasteiger partial charge in [-0.1, -0.05) is 18.9 Å². The summed E-state index contributed by atoms with van der Waals surface area (Å²) in [4.78, 5) is 11.8. The predicted molar refractivity (Wildman–Crippen MR) is 70.2 cm³/mol. The maximum Gasteiger partial charge on any atom is 0.338 e. The zero-order chi connectivity index (χ0) is 14.0. The number of hydrogen-bond acceptors (Lipinski definition) is 4. The summed E-state index contributed by atoms with van der Waals surface area (Å²) in [7, 11) is -3.81. The predicted octanol–water partition coefficient (Wildman–Crippen LogP) is 1.60. The van der Waals surface area contributed by atoms with E-state index in [-0.39, 0.29) is 10.5 Å². The van der Waals surface area contributed by atoms with Crippen molar-refractivity contribution in [2.45, 2.75) is 31.1 Å². The second-order valence-electron chi connectivity index (χ2n) is 4.89. The van der Waals surface area contributed by atoms with Crippen molar-refractivity contribution in [1.29, 1.82) is 0 Å². The highest BCUT2D eigenvalue weighted by Gasteiger charge is 2.22. The Bertz CT molecular complexity index is 591. The number of nitrogens with two attached hydrogens (primary N) is 1. The van der Waals surface area contributed by atoms with Gasteiger partial charge in [0, 0.05) is 0 Å². The molecule has 0 saturated heterocycles. The summed E-state index contributed by atoms with van der Waals surface area (Å²) in [6.07, 6.45) is 3.29. The normalized spacial score (nSPS) is 15.3. The Morgan fingerprint density at radius 1 is 1.42 bits per heavy atom. The summed E-state index contributed by atoms with van der Waals surface area (Å²) >= 11 is 0. The molecule has 1 saturated carbocycles. The molecule has 0 aliphatic heterocycles. The first-order chi connectivity index (χ1) is 8.88. The van der Waals surface area contributed by atoms with Gasteiger partial charge in [-0.25, -0.2) is 18.4 Å². The van der Waals surface area contributed by atoms with E-state index >= 15 is 0 Å². The molecule has 0 bridgehead atoms.